The molecule has 2 heterocycles. The van der Waals surface area contributed by atoms with E-state index >= 15 is 0 Å². The van der Waals surface area contributed by atoms with E-state index in [1.54, 1.807) is 28.9 Å². The summed E-state index contributed by atoms with van der Waals surface area (Å²) in [6, 6.07) is 3.53. The van der Waals surface area contributed by atoms with Crippen molar-refractivity contribution in [3.63, 3.8) is 0 Å². The standard InChI is InChI=1S/C19H32N2O3SSi/c1-19(2,3)26(4,5)24-11-8-17-16(7-6-9-20-17)18(23)21-10-12-25-14-15(21)13-22/h6-7,9,15,22H,8,10-14H2,1-5H3/t15-/m1/s1. The Hall–Kier alpha value is -0.893. The monoisotopic (exact) mass is 396 g/mol. The van der Waals surface area contributed by atoms with Gasteiger partial charge in [0.25, 0.3) is 5.91 Å². The molecule has 2 rings (SSSR count). The molecule has 1 aliphatic heterocycles. The molecule has 26 heavy (non-hydrogen) atoms. The summed E-state index contributed by atoms with van der Waals surface area (Å²) >= 11 is 1.78. The Morgan fingerprint density at radius 1 is 1.46 bits per heavy atom. The second-order valence-electron chi connectivity index (χ2n) is 8.27. The molecule has 0 spiro atoms. The zero-order valence-corrected chi connectivity index (χ0v) is 18.4. The van der Waals surface area contributed by atoms with Crippen molar-refractivity contribution < 1.29 is 14.3 Å². The summed E-state index contributed by atoms with van der Waals surface area (Å²) in [6.07, 6.45) is 2.36. The van der Waals surface area contributed by atoms with E-state index in [4.69, 9.17) is 4.43 Å². The summed E-state index contributed by atoms with van der Waals surface area (Å²) < 4.78 is 6.25. The third kappa shape index (κ3) is 5.09. The highest BCUT2D eigenvalue weighted by atomic mass is 32.2. The first-order valence-corrected chi connectivity index (χ1v) is 13.3. The first-order chi connectivity index (χ1) is 12.2. The summed E-state index contributed by atoms with van der Waals surface area (Å²) in [7, 11) is -1.81. The maximum absolute atomic E-state index is 13.0. The zero-order chi connectivity index (χ0) is 19.4. The van der Waals surface area contributed by atoms with Gasteiger partial charge in [0, 0.05) is 37.3 Å². The Bertz CT molecular complexity index is 619. The number of carbonyl (C=O) groups excluding carboxylic acids is 1. The number of thioether (sulfide) groups is 1. The lowest BCUT2D eigenvalue weighted by molar-refractivity contribution is 0.0630. The SMILES string of the molecule is CC(C)(C)[Si](C)(C)OCCc1ncccc1C(=O)N1CCSC[C@H]1CO. The molecule has 0 unspecified atom stereocenters. The van der Waals surface area contributed by atoms with Crippen LogP contribution in [0.5, 0.6) is 0 Å². The molecule has 1 amide bonds. The second-order valence-corrected chi connectivity index (χ2v) is 14.2. The number of hydrogen-bond donors (Lipinski definition) is 1. The van der Waals surface area contributed by atoms with Crippen molar-refractivity contribution in [1.29, 1.82) is 0 Å². The van der Waals surface area contributed by atoms with Gasteiger partial charge in [-0.15, -0.1) is 0 Å². The Balaban J connectivity index is 2.09. The number of rotatable bonds is 6. The third-order valence-corrected chi connectivity index (χ3v) is 11.1. The van der Waals surface area contributed by atoms with Crippen molar-refractivity contribution in [2.24, 2.45) is 0 Å². The van der Waals surface area contributed by atoms with Crippen molar-refractivity contribution in [1.82, 2.24) is 9.88 Å². The highest BCUT2D eigenvalue weighted by molar-refractivity contribution is 7.99. The first-order valence-electron chi connectivity index (χ1n) is 9.25. The van der Waals surface area contributed by atoms with Crippen LogP contribution in [0.1, 0.15) is 36.8 Å². The van der Waals surface area contributed by atoms with Crippen molar-refractivity contribution in [2.75, 3.05) is 31.3 Å². The molecule has 0 aliphatic carbocycles. The molecule has 1 N–H and O–H groups in total. The maximum Gasteiger partial charge on any atom is 0.256 e. The van der Waals surface area contributed by atoms with Crippen LogP contribution in [0.2, 0.25) is 18.1 Å². The van der Waals surface area contributed by atoms with Crippen LogP contribution in [0.15, 0.2) is 18.3 Å². The van der Waals surface area contributed by atoms with E-state index in [9.17, 15) is 9.90 Å². The lowest BCUT2D eigenvalue weighted by atomic mass is 10.1. The van der Waals surface area contributed by atoms with Gasteiger partial charge in [0.2, 0.25) is 0 Å². The number of aromatic nitrogens is 1. The normalized spacial score (nSPS) is 18.8. The highest BCUT2D eigenvalue weighted by Gasteiger charge is 2.37. The van der Waals surface area contributed by atoms with E-state index in [1.807, 2.05) is 6.07 Å². The number of nitrogens with zero attached hydrogens (tertiary/aromatic N) is 2. The summed E-state index contributed by atoms with van der Waals surface area (Å²) in [5.41, 5.74) is 1.42. The fourth-order valence-electron chi connectivity index (χ4n) is 2.68. The third-order valence-electron chi connectivity index (χ3n) is 5.43. The minimum atomic E-state index is -1.81. The van der Waals surface area contributed by atoms with Crippen LogP contribution in [0.4, 0.5) is 0 Å². The van der Waals surface area contributed by atoms with E-state index in [2.05, 4.69) is 38.8 Å². The van der Waals surface area contributed by atoms with Crippen LogP contribution in [-0.2, 0) is 10.8 Å². The summed E-state index contributed by atoms with van der Waals surface area (Å²) in [5, 5.41) is 9.76. The first kappa shape index (κ1) is 21.4. The van der Waals surface area contributed by atoms with Gasteiger partial charge in [0.05, 0.1) is 23.9 Å². The number of aliphatic hydroxyl groups excluding tert-OH is 1. The highest BCUT2D eigenvalue weighted by Crippen LogP contribution is 2.36. The average molecular weight is 397 g/mol. The van der Waals surface area contributed by atoms with Crippen LogP contribution in [0.3, 0.4) is 0 Å². The molecule has 1 saturated heterocycles. The largest absolute Gasteiger partial charge is 0.416 e. The van der Waals surface area contributed by atoms with Gasteiger partial charge in [0.15, 0.2) is 8.32 Å². The number of pyridine rings is 1. The molecule has 146 valence electrons. The predicted molar refractivity (Wildman–Crippen MR) is 110 cm³/mol. The van der Waals surface area contributed by atoms with Gasteiger partial charge in [0.1, 0.15) is 0 Å². The molecule has 0 aromatic carbocycles. The minimum Gasteiger partial charge on any atom is -0.416 e. The van der Waals surface area contributed by atoms with Crippen molar-refractivity contribution in [3.8, 4) is 0 Å². The van der Waals surface area contributed by atoms with Crippen LogP contribution >= 0.6 is 11.8 Å². The lowest BCUT2D eigenvalue weighted by Gasteiger charge is -2.36. The van der Waals surface area contributed by atoms with Gasteiger partial charge in [-0.25, -0.2) is 0 Å². The van der Waals surface area contributed by atoms with E-state index in [0.29, 0.717) is 25.1 Å². The van der Waals surface area contributed by atoms with Crippen molar-refractivity contribution >= 4 is 26.0 Å². The van der Waals surface area contributed by atoms with Crippen molar-refractivity contribution in [3.05, 3.63) is 29.6 Å². The van der Waals surface area contributed by atoms with Crippen LogP contribution in [-0.4, -0.2) is 66.5 Å². The molecule has 5 nitrogen and oxygen atoms in total. The Labute approximate surface area is 162 Å². The molecule has 1 aromatic heterocycles. The van der Waals surface area contributed by atoms with Gasteiger partial charge in [-0.2, -0.15) is 11.8 Å². The Kier molecular flexibility index (Phi) is 7.30. The second kappa shape index (κ2) is 8.86. The number of carbonyl (C=O) groups is 1. The Morgan fingerprint density at radius 2 is 2.19 bits per heavy atom. The maximum atomic E-state index is 13.0. The van der Waals surface area contributed by atoms with Gasteiger partial charge in [-0.1, -0.05) is 20.8 Å². The average Bonchev–Trinajstić information content (AvgIpc) is 2.60. The molecule has 1 fully saturated rings. The number of hydrogen-bond acceptors (Lipinski definition) is 5. The molecule has 1 atom stereocenters. The van der Waals surface area contributed by atoms with Gasteiger partial charge >= 0.3 is 0 Å². The van der Waals surface area contributed by atoms with Crippen LogP contribution < -0.4 is 0 Å². The lowest BCUT2D eigenvalue weighted by Crippen LogP contribution is -2.48. The topological polar surface area (TPSA) is 62.7 Å². The molecule has 7 heteroatoms. The summed E-state index contributed by atoms with van der Waals surface area (Å²) in [5.74, 6) is 1.67. The molecule has 0 radical (unpaired) electrons. The van der Waals surface area contributed by atoms with E-state index < -0.39 is 8.32 Å². The van der Waals surface area contributed by atoms with Crippen LogP contribution in [0, 0.1) is 0 Å². The predicted octanol–water partition coefficient (Wildman–Crippen LogP) is 3.20. The quantitative estimate of drug-likeness (QED) is 0.748. The minimum absolute atomic E-state index is 0.00280. The molecule has 0 bridgehead atoms. The van der Waals surface area contributed by atoms with E-state index in [1.165, 1.54) is 0 Å². The number of amides is 1. The fourth-order valence-corrected chi connectivity index (χ4v) is 4.77. The molecule has 0 saturated carbocycles. The van der Waals surface area contributed by atoms with Gasteiger partial charge in [-0.3, -0.25) is 9.78 Å². The Morgan fingerprint density at radius 3 is 2.85 bits per heavy atom. The van der Waals surface area contributed by atoms with Gasteiger partial charge < -0.3 is 14.4 Å². The smallest absolute Gasteiger partial charge is 0.256 e. The van der Waals surface area contributed by atoms with E-state index in [0.717, 1.165) is 17.2 Å². The molecular formula is C19H32N2O3SSi. The molecule has 1 aromatic rings. The summed E-state index contributed by atoms with van der Waals surface area (Å²) in [6.45, 7) is 12.4. The number of aliphatic hydroxyl groups is 1. The van der Waals surface area contributed by atoms with E-state index in [-0.39, 0.29) is 23.6 Å². The molecular weight excluding hydrogens is 364 g/mol. The zero-order valence-electron chi connectivity index (χ0n) is 16.6. The molecule has 1 aliphatic rings. The summed E-state index contributed by atoms with van der Waals surface area (Å²) in [4.78, 5) is 19.3. The van der Waals surface area contributed by atoms with Gasteiger partial charge in [-0.05, 0) is 30.3 Å². The van der Waals surface area contributed by atoms with Crippen LogP contribution in [0.25, 0.3) is 0 Å². The fraction of sp³-hybridized carbons (Fsp3) is 0.684. The van der Waals surface area contributed by atoms with Crippen molar-refractivity contribution in [2.45, 2.75) is 51.4 Å².